The molecule has 0 spiro atoms. The van der Waals surface area contributed by atoms with Crippen LogP contribution in [0.3, 0.4) is 0 Å². The Morgan fingerprint density at radius 3 is 0.909 bits per heavy atom. The third-order valence-corrected chi connectivity index (χ3v) is 7.86. The third-order valence-electron chi connectivity index (χ3n) is 7.86. The molecule has 0 saturated heterocycles. The molecule has 0 aliphatic rings. The van der Waals surface area contributed by atoms with Gasteiger partial charge in [-0.15, -0.1) is 19.7 Å². The van der Waals surface area contributed by atoms with Crippen LogP contribution in [0.2, 0.25) is 0 Å². The van der Waals surface area contributed by atoms with Gasteiger partial charge in [0.05, 0.1) is 5.41 Å². The van der Waals surface area contributed by atoms with Gasteiger partial charge in [-0.2, -0.15) is 0 Å². The highest BCUT2D eigenvalue weighted by molar-refractivity contribution is 5.70. The second kappa shape index (κ2) is 30.6. The Balaban J connectivity index is 4.54. The average molecular weight is 619 g/mol. The lowest BCUT2D eigenvalue weighted by Gasteiger charge is -2.28. The zero-order valence-electron chi connectivity index (χ0n) is 28.4. The summed E-state index contributed by atoms with van der Waals surface area (Å²) in [7, 11) is 0. The van der Waals surface area contributed by atoms with E-state index in [0.29, 0.717) is 19.3 Å². The molecule has 0 N–H and O–H groups in total. The van der Waals surface area contributed by atoms with Gasteiger partial charge >= 0.3 is 17.9 Å². The van der Waals surface area contributed by atoms with E-state index in [1.54, 1.807) is 0 Å². The molecule has 0 aromatic rings. The highest BCUT2D eigenvalue weighted by Gasteiger charge is 2.30. The van der Waals surface area contributed by atoms with E-state index < -0.39 is 5.41 Å². The molecule has 0 amide bonds. The molecule has 0 aliphatic heterocycles. The van der Waals surface area contributed by atoms with Crippen LogP contribution in [0.4, 0.5) is 0 Å². The van der Waals surface area contributed by atoms with Gasteiger partial charge in [0.1, 0.15) is 19.8 Å². The van der Waals surface area contributed by atoms with Crippen molar-refractivity contribution in [1.82, 2.24) is 0 Å². The summed E-state index contributed by atoms with van der Waals surface area (Å²) in [5.74, 6) is -0.787. The summed E-state index contributed by atoms with van der Waals surface area (Å²) in [5.41, 5.74) is -0.789. The monoisotopic (exact) mass is 618 g/mol. The topological polar surface area (TPSA) is 78.9 Å². The second-order valence-corrected chi connectivity index (χ2v) is 12.6. The fraction of sp³-hybridized carbons (Fsp3) is 0.763. The van der Waals surface area contributed by atoms with E-state index >= 15 is 0 Å². The Morgan fingerprint density at radius 2 is 0.659 bits per heavy atom. The van der Waals surface area contributed by atoms with E-state index in [2.05, 4.69) is 19.7 Å². The van der Waals surface area contributed by atoms with E-state index in [9.17, 15) is 14.4 Å². The van der Waals surface area contributed by atoms with Crippen LogP contribution in [0.25, 0.3) is 0 Å². The van der Waals surface area contributed by atoms with Crippen molar-refractivity contribution in [2.75, 3.05) is 19.8 Å². The Morgan fingerprint density at radius 1 is 0.432 bits per heavy atom. The Hall–Kier alpha value is -2.37. The Kier molecular flexibility index (Phi) is 29.0. The van der Waals surface area contributed by atoms with Crippen molar-refractivity contribution in [3.8, 4) is 0 Å². The predicted molar refractivity (Wildman–Crippen MR) is 182 cm³/mol. The maximum absolute atomic E-state index is 12.5. The number of rotatable bonds is 33. The highest BCUT2D eigenvalue weighted by Crippen LogP contribution is 2.21. The number of unbranched alkanes of at least 4 members (excludes halogenated alkanes) is 18. The van der Waals surface area contributed by atoms with Crippen molar-refractivity contribution in [2.45, 2.75) is 161 Å². The van der Waals surface area contributed by atoms with Gasteiger partial charge in [0, 0.05) is 19.3 Å². The summed E-state index contributed by atoms with van der Waals surface area (Å²) in [6.45, 7) is 13.2. The molecule has 0 radical (unpaired) electrons. The van der Waals surface area contributed by atoms with Crippen LogP contribution in [-0.4, -0.2) is 37.7 Å². The van der Waals surface area contributed by atoms with Crippen LogP contribution < -0.4 is 0 Å². The molecule has 0 bridgehead atoms. The minimum Gasteiger partial charge on any atom is -0.465 e. The summed E-state index contributed by atoms with van der Waals surface area (Å²) < 4.78 is 16.8. The number of carbonyl (C=O) groups excluding carboxylic acids is 3. The van der Waals surface area contributed by atoms with Crippen molar-refractivity contribution in [3.05, 3.63) is 38.0 Å². The van der Waals surface area contributed by atoms with Crippen molar-refractivity contribution in [3.63, 3.8) is 0 Å². The summed E-state index contributed by atoms with van der Waals surface area (Å²) in [6.07, 6.45) is 29.5. The van der Waals surface area contributed by atoms with Crippen LogP contribution in [-0.2, 0) is 28.6 Å². The van der Waals surface area contributed by atoms with E-state index in [1.165, 1.54) is 57.8 Å². The average Bonchev–Trinajstić information content (AvgIpc) is 3.02. The number of ether oxygens (including phenoxy) is 3. The fourth-order valence-corrected chi connectivity index (χ4v) is 4.90. The van der Waals surface area contributed by atoms with E-state index in [4.69, 9.17) is 14.2 Å². The number of hydrogen-bond acceptors (Lipinski definition) is 6. The van der Waals surface area contributed by atoms with Gasteiger partial charge in [-0.05, 0) is 64.7 Å². The van der Waals surface area contributed by atoms with E-state index in [0.717, 1.165) is 77.0 Å². The van der Waals surface area contributed by atoms with Crippen LogP contribution in [0.15, 0.2) is 38.0 Å². The lowest BCUT2D eigenvalue weighted by molar-refractivity contribution is -0.160. The van der Waals surface area contributed by atoms with Crippen molar-refractivity contribution in [2.24, 2.45) is 5.41 Å². The van der Waals surface area contributed by atoms with Crippen molar-refractivity contribution >= 4 is 17.9 Å². The number of hydrogen-bond donors (Lipinski definition) is 0. The fourth-order valence-electron chi connectivity index (χ4n) is 4.90. The molecule has 0 rings (SSSR count). The van der Waals surface area contributed by atoms with Crippen LogP contribution in [0.1, 0.15) is 161 Å². The van der Waals surface area contributed by atoms with E-state index in [1.807, 2.05) is 25.2 Å². The predicted octanol–water partition coefficient (Wildman–Crippen LogP) is 10.5. The molecule has 0 aromatic heterocycles. The molecule has 0 aromatic carbocycles. The molecule has 254 valence electrons. The zero-order valence-corrected chi connectivity index (χ0v) is 28.4. The van der Waals surface area contributed by atoms with Gasteiger partial charge < -0.3 is 14.2 Å². The van der Waals surface area contributed by atoms with Gasteiger partial charge in [0.2, 0.25) is 0 Å². The lowest BCUT2D eigenvalue weighted by Crippen LogP contribution is -2.37. The number of allylic oxidation sites excluding steroid dienone is 3. The summed E-state index contributed by atoms with van der Waals surface area (Å²) in [4.78, 5) is 37.4. The molecular formula is C38H66O6. The van der Waals surface area contributed by atoms with Crippen LogP contribution in [0.5, 0.6) is 0 Å². The maximum Gasteiger partial charge on any atom is 0.305 e. The Bertz CT molecular complexity index is 661. The number of carbonyl (C=O) groups is 3. The largest absolute Gasteiger partial charge is 0.465 e. The summed E-state index contributed by atoms with van der Waals surface area (Å²) >= 11 is 0. The van der Waals surface area contributed by atoms with Crippen LogP contribution >= 0.6 is 0 Å². The number of esters is 3. The normalized spacial score (nSPS) is 11.1. The highest BCUT2D eigenvalue weighted by atomic mass is 16.6. The standard InChI is InChI=1S/C38H66O6/c1-5-8-11-14-17-20-23-26-29-35(39)42-32-38(4,33-43-36(40)30-27-24-21-18-15-12-9-6-2)34-44-37(41)31-28-25-22-19-16-13-10-7-3/h5-7H,1-3,8-34H2,4H3. The first-order chi connectivity index (χ1) is 21.4. The first-order valence-corrected chi connectivity index (χ1v) is 17.7. The quantitative estimate of drug-likeness (QED) is 0.0315. The first-order valence-electron chi connectivity index (χ1n) is 17.7. The van der Waals surface area contributed by atoms with Crippen LogP contribution in [0, 0.1) is 5.41 Å². The molecular weight excluding hydrogens is 552 g/mol. The lowest BCUT2D eigenvalue weighted by atomic mass is 9.94. The molecule has 0 saturated carbocycles. The van der Waals surface area contributed by atoms with Gasteiger partial charge in [-0.1, -0.05) is 95.3 Å². The van der Waals surface area contributed by atoms with Gasteiger partial charge in [0.15, 0.2) is 0 Å². The maximum atomic E-state index is 12.5. The molecule has 6 nitrogen and oxygen atoms in total. The van der Waals surface area contributed by atoms with Crippen molar-refractivity contribution < 1.29 is 28.6 Å². The summed E-state index contributed by atoms with van der Waals surface area (Å²) in [6, 6.07) is 0. The van der Waals surface area contributed by atoms with Gasteiger partial charge in [-0.3, -0.25) is 14.4 Å². The van der Waals surface area contributed by atoms with Gasteiger partial charge in [0.25, 0.3) is 0 Å². The molecule has 0 atom stereocenters. The minimum absolute atomic E-state index is 0.0450. The zero-order chi connectivity index (χ0) is 32.6. The second-order valence-electron chi connectivity index (χ2n) is 12.6. The van der Waals surface area contributed by atoms with Crippen molar-refractivity contribution in [1.29, 1.82) is 0 Å². The minimum atomic E-state index is -0.789. The molecule has 0 heterocycles. The summed E-state index contributed by atoms with van der Waals surface area (Å²) in [5, 5.41) is 0. The molecule has 0 unspecified atom stereocenters. The Labute approximate surface area is 270 Å². The molecule has 44 heavy (non-hydrogen) atoms. The molecule has 0 fully saturated rings. The first kappa shape index (κ1) is 41.6. The smallest absolute Gasteiger partial charge is 0.305 e. The third kappa shape index (κ3) is 28.4. The molecule has 0 aliphatic carbocycles. The molecule has 6 heteroatoms. The van der Waals surface area contributed by atoms with Gasteiger partial charge in [-0.25, -0.2) is 0 Å². The SMILES string of the molecule is C=CCCCCCCCCC(=O)OCC(C)(COC(=O)CCCCCCCCC=C)COC(=O)CCCCCCCCC=C. The van der Waals surface area contributed by atoms with E-state index in [-0.39, 0.29) is 37.7 Å².